The molecule has 0 amide bonds. The van der Waals surface area contributed by atoms with Gasteiger partial charge < -0.3 is 23.7 Å². The van der Waals surface area contributed by atoms with Gasteiger partial charge in [-0.3, -0.25) is 19.2 Å². The van der Waals surface area contributed by atoms with Crippen LogP contribution in [0.4, 0.5) is 0 Å². The molecule has 11 heteroatoms. The molecule has 306 valence electrons. The highest BCUT2D eigenvalue weighted by Crippen LogP contribution is 2.33. The first-order valence-electron chi connectivity index (χ1n) is 19.4. The normalized spacial score (nSPS) is 11.0. The lowest BCUT2D eigenvalue weighted by Gasteiger charge is -2.32. The van der Waals surface area contributed by atoms with Gasteiger partial charge in [0.1, 0.15) is 62.0 Å². The zero-order chi connectivity index (χ0) is 41.7. The highest BCUT2D eigenvalue weighted by molar-refractivity contribution is 5.94. The van der Waals surface area contributed by atoms with Crippen molar-refractivity contribution in [3.8, 4) is 16.9 Å². The molecule has 0 aliphatic heterocycles. The molecule has 0 N–H and O–H groups in total. The lowest BCUT2D eigenvalue weighted by Crippen LogP contribution is -2.44. The molecule has 0 bridgehead atoms. The van der Waals surface area contributed by atoms with Gasteiger partial charge in [-0.05, 0) is 99.7 Å². The first kappa shape index (κ1) is 47.1. The predicted molar refractivity (Wildman–Crippen MR) is 214 cm³/mol. The third kappa shape index (κ3) is 17.2. The molecule has 0 spiro atoms. The summed E-state index contributed by atoms with van der Waals surface area (Å²) in [6, 6.07) is 12.4. The minimum Gasteiger partial charge on any atom is -0.492 e. The van der Waals surface area contributed by atoms with Gasteiger partial charge >= 0.3 is 23.9 Å². The third-order valence-electron chi connectivity index (χ3n) is 8.92. The summed E-state index contributed by atoms with van der Waals surface area (Å²) < 4.78 is 28.2. The predicted octanol–water partition coefficient (Wildman–Crippen LogP) is 8.01. The number of benzene rings is 2. The summed E-state index contributed by atoms with van der Waals surface area (Å²) in [7, 11) is 0. The van der Waals surface area contributed by atoms with Crippen LogP contribution >= 0.6 is 0 Å². The Hall–Kier alpha value is -5.06. The molecule has 0 aliphatic rings. The Bertz CT molecular complexity index is 1670. The fraction of sp³-hybridized carbons (Fsp3) is 0.511. The molecule has 0 unspecified atom stereocenters. The van der Waals surface area contributed by atoms with Crippen LogP contribution in [0.2, 0.25) is 0 Å². The minimum absolute atomic E-state index is 0.110. The fourth-order valence-corrected chi connectivity index (χ4v) is 5.74. The van der Waals surface area contributed by atoms with E-state index in [1.807, 2.05) is 18.2 Å². The lowest BCUT2D eigenvalue weighted by molar-refractivity contribution is -0.163. The first-order valence-corrected chi connectivity index (χ1v) is 19.4. The number of ether oxygens (including phenoxy) is 5. The molecule has 0 fully saturated rings. The summed E-state index contributed by atoms with van der Waals surface area (Å²) in [5.74, 6) is -3.26. The summed E-state index contributed by atoms with van der Waals surface area (Å²) in [5, 5.41) is 0. The Morgan fingerprint density at radius 1 is 0.607 bits per heavy atom. The monoisotopic (exact) mass is 776 g/mol. The van der Waals surface area contributed by atoms with Crippen molar-refractivity contribution < 1.29 is 52.5 Å². The highest BCUT2D eigenvalue weighted by Gasteiger charge is 2.38. The molecule has 0 saturated carbocycles. The molecular formula is C45H60O11. The molecule has 0 saturated heterocycles. The summed E-state index contributed by atoms with van der Waals surface area (Å²) in [5.41, 5.74) is 4.30. The van der Waals surface area contributed by atoms with Gasteiger partial charge in [0.05, 0.1) is 6.61 Å². The van der Waals surface area contributed by atoms with Gasteiger partial charge in [0.25, 0.3) is 0 Å². The summed E-state index contributed by atoms with van der Waals surface area (Å²) in [6.45, 7) is 15.7. The van der Waals surface area contributed by atoms with Gasteiger partial charge in [0, 0.05) is 11.1 Å². The third-order valence-corrected chi connectivity index (χ3v) is 8.92. The van der Waals surface area contributed by atoms with Crippen molar-refractivity contribution in [3.05, 3.63) is 77.4 Å². The topological polar surface area (TPSA) is 149 Å². The van der Waals surface area contributed by atoms with Crippen molar-refractivity contribution in [2.24, 2.45) is 5.41 Å². The second kappa shape index (κ2) is 24.5. The molecule has 2 aromatic carbocycles. The van der Waals surface area contributed by atoms with E-state index in [1.54, 1.807) is 6.92 Å². The van der Waals surface area contributed by atoms with Crippen molar-refractivity contribution in [1.29, 1.82) is 0 Å². The maximum Gasteiger partial charge on any atom is 0.333 e. The largest absolute Gasteiger partial charge is 0.492 e. The van der Waals surface area contributed by atoms with Gasteiger partial charge in [-0.25, -0.2) is 9.59 Å². The molecule has 56 heavy (non-hydrogen) atoms. The zero-order valence-corrected chi connectivity index (χ0v) is 34.2. The Labute approximate surface area is 332 Å². The number of aryl methyl sites for hydroxylation is 3. The van der Waals surface area contributed by atoms with E-state index in [0.717, 1.165) is 36.0 Å². The Balaban J connectivity index is 2.54. The second-order valence-electron chi connectivity index (χ2n) is 14.6. The van der Waals surface area contributed by atoms with Crippen LogP contribution in [0.25, 0.3) is 11.1 Å². The van der Waals surface area contributed by atoms with E-state index in [1.165, 1.54) is 57.6 Å². The summed E-state index contributed by atoms with van der Waals surface area (Å²) in [4.78, 5) is 73.0. The minimum atomic E-state index is -1.46. The van der Waals surface area contributed by atoms with Crippen LogP contribution in [-0.2, 0) is 67.0 Å². The van der Waals surface area contributed by atoms with Crippen molar-refractivity contribution in [1.82, 2.24) is 0 Å². The Morgan fingerprint density at radius 2 is 1.20 bits per heavy atom. The number of carbonyl (C=O) groups excluding carboxylic acids is 6. The molecule has 0 radical (unpaired) electrons. The van der Waals surface area contributed by atoms with Gasteiger partial charge in [0.15, 0.2) is 0 Å². The standard InChI is InChI=1S/C45H60O11/c1-9-11-12-13-14-16-35-18-20-39(36(10-2)25-35)37-19-21-40(38(26-37)17-15-22-52-43(50)31(3)4)53-27-45(30-56-44(51)32(5)6,28-54-41(48)23-33(7)46)29-55-42(49)24-34(8)47/h18-21,25-26H,3,5,9-17,22-24,27-30H2,1-2,4,6-8H3. The average Bonchev–Trinajstić information content (AvgIpc) is 3.15. The molecule has 0 heterocycles. The molecule has 0 aromatic heterocycles. The number of Topliss-reactive ketones (excluding diaryl/α,β-unsaturated/α-hetero) is 2. The molecule has 0 atom stereocenters. The van der Waals surface area contributed by atoms with Gasteiger partial charge in [0.2, 0.25) is 0 Å². The van der Waals surface area contributed by atoms with Gasteiger partial charge in [-0.1, -0.05) is 77.0 Å². The second-order valence-corrected chi connectivity index (χ2v) is 14.6. The Morgan fingerprint density at radius 3 is 1.77 bits per heavy atom. The molecule has 2 rings (SSSR count). The van der Waals surface area contributed by atoms with Crippen molar-refractivity contribution in [2.75, 3.05) is 33.0 Å². The van der Waals surface area contributed by atoms with Crippen LogP contribution in [0.1, 0.15) is 110 Å². The van der Waals surface area contributed by atoms with E-state index >= 15 is 0 Å². The number of esters is 4. The lowest BCUT2D eigenvalue weighted by atomic mass is 9.91. The number of carbonyl (C=O) groups is 6. The molecule has 0 aliphatic carbocycles. The van der Waals surface area contributed by atoms with Crippen molar-refractivity contribution >= 4 is 35.4 Å². The van der Waals surface area contributed by atoms with Crippen LogP contribution in [0, 0.1) is 5.41 Å². The number of hydrogen-bond donors (Lipinski definition) is 0. The van der Waals surface area contributed by atoms with E-state index in [-0.39, 0.29) is 18.8 Å². The van der Waals surface area contributed by atoms with Crippen molar-refractivity contribution in [3.63, 3.8) is 0 Å². The summed E-state index contributed by atoms with van der Waals surface area (Å²) in [6.07, 6.45) is 7.85. The SMILES string of the molecule is C=C(C)C(=O)OCCCc1cc(-c2ccc(CCCCCCC)cc2CC)ccc1OCC(COC(=O)CC(C)=O)(COC(=O)CC(C)=O)COC(=O)C(=C)C. The Kier molecular flexibility index (Phi) is 20.6. The number of unbranched alkanes of at least 4 members (excludes halogenated alkanes) is 4. The van der Waals surface area contributed by atoms with E-state index in [2.05, 4.69) is 45.2 Å². The number of rotatable bonds is 27. The van der Waals surface area contributed by atoms with E-state index in [0.29, 0.717) is 24.2 Å². The van der Waals surface area contributed by atoms with Crippen LogP contribution in [0.15, 0.2) is 60.7 Å². The van der Waals surface area contributed by atoms with E-state index < -0.39 is 73.5 Å². The summed E-state index contributed by atoms with van der Waals surface area (Å²) >= 11 is 0. The van der Waals surface area contributed by atoms with Gasteiger partial charge in [-0.2, -0.15) is 0 Å². The van der Waals surface area contributed by atoms with Crippen molar-refractivity contribution in [2.45, 2.75) is 112 Å². The fourth-order valence-electron chi connectivity index (χ4n) is 5.74. The van der Waals surface area contributed by atoms with E-state index in [9.17, 15) is 28.8 Å². The van der Waals surface area contributed by atoms with Crippen LogP contribution in [0.3, 0.4) is 0 Å². The average molecular weight is 777 g/mol. The molecule has 2 aromatic rings. The van der Waals surface area contributed by atoms with Crippen LogP contribution in [-0.4, -0.2) is 68.5 Å². The maximum atomic E-state index is 12.5. The number of ketones is 2. The maximum absolute atomic E-state index is 12.5. The first-order chi connectivity index (χ1) is 26.6. The molecular weight excluding hydrogens is 716 g/mol. The highest BCUT2D eigenvalue weighted by atomic mass is 16.6. The smallest absolute Gasteiger partial charge is 0.333 e. The quantitative estimate of drug-likeness (QED) is 0.0286. The van der Waals surface area contributed by atoms with Gasteiger partial charge in [-0.15, -0.1) is 0 Å². The zero-order valence-electron chi connectivity index (χ0n) is 34.2. The van der Waals surface area contributed by atoms with Crippen LogP contribution < -0.4 is 4.74 Å². The van der Waals surface area contributed by atoms with Crippen LogP contribution in [0.5, 0.6) is 5.75 Å². The van der Waals surface area contributed by atoms with E-state index in [4.69, 9.17) is 23.7 Å². The molecule has 11 nitrogen and oxygen atoms in total. The number of hydrogen-bond acceptors (Lipinski definition) is 11.